The average molecular weight is 1750 g/mol. The molecule has 138 heavy (non-hydrogen) atoms. The smallest absolute Gasteiger partial charge is 0.143 e. The molecule has 0 bridgehead atoms. The van der Waals surface area contributed by atoms with Crippen molar-refractivity contribution in [3.05, 3.63) is 510 Å². The van der Waals surface area contributed by atoms with Crippen molar-refractivity contribution in [2.75, 3.05) is 0 Å². The van der Waals surface area contributed by atoms with Crippen LogP contribution in [0.25, 0.3) is 275 Å². The largest absolute Gasteiger partial charge is 0.455 e. The van der Waals surface area contributed by atoms with Gasteiger partial charge in [0.05, 0.1) is 22.1 Å². The van der Waals surface area contributed by atoms with Gasteiger partial charge in [0.25, 0.3) is 0 Å². The summed E-state index contributed by atoms with van der Waals surface area (Å²) in [5, 5.41) is 21.8. The van der Waals surface area contributed by atoms with Crippen molar-refractivity contribution >= 4 is 141 Å². The van der Waals surface area contributed by atoms with E-state index in [1.54, 1.807) is 0 Å². The van der Waals surface area contributed by atoms with Gasteiger partial charge in [-0.25, -0.2) is 0 Å². The minimum atomic E-state index is 0.871. The van der Waals surface area contributed by atoms with Gasteiger partial charge < -0.3 is 18.0 Å². The third-order valence-electron chi connectivity index (χ3n) is 28.5. The molecule has 0 saturated carbocycles. The van der Waals surface area contributed by atoms with Crippen molar-refractivity contribution in [3.63, 3.8) is 0 Å². The first kappa shape index (κ1) is 79.5. The van der Waals surface area contributed by atoms with Crippen molar-refractivity contribution < 1.29 is 8.83 Å². The minimum absolute atomic E-state index is 0.871. The summed E-state index contributed by atoms with van der Waals surface area (Å²) < 4.78 is 18.6. The second-order valence-electron chi connectivity index (χ2n) is 36.3. The van der Waals surface area contributed by atoms with Crippen LogP contribution in [0.1, 0.15) is 0 Å². The van der Waals surface area contributed by atoms with Crippen molar-refractivity contribution in [1.82, 2.24) is 9.13 Å². The predicted octanol–water partition coefficient (Wildman–Crippen LogP) is 37.5. The highest BCUT2D eigenvalue weighted by Gasteiger charge is 2.26. The molecule has 0 aliphatic rings. The maximum absolute atomic E-state index is 7.30. The summed E-state index contributed by atoms with van der Waals surface area (Å²) in [4.78, 5) is 0. The molecule has 0 atom stereocenters. The molecule has 0 N–H and O–H groups in total. The molecule has 24 aromatic carbocycles. The minimum Gasteiger partial charge on any atom is -0.455 e. The molecule has 0 saturated heterocycles. The summed E-state index contributed by atoms with van der Waals surface area (Å²) in [5.41, 5.74) is 36.3. The summed E-state index contributed by atoms with van der Waals surface area (Å²) in [5.74, 6) is 0. The van der Waals surface area contributed by atoms with Gasteiger partial charge in [0.15, 0.2) is 0 Å². The Kier molecular flexibility index (Phi) is 19.0. The molecular formula is C134H84N2O2. The van der Waals surface area contributed by atoms with Gasteiger partial charge >= 0.3 is 0 Å². The number of hydrogen-bond donors (Lipinski definition) is 0. The lowest BCUT2D eigenvalue weighted by molar-refractivity contribution is 0.670. The standard InChI is InChI=1S/C78H49NO.C56H35NO/c1-4-19-50(20-5-1)56-27-18-28-59(44-56)69-47-61(49-72-71-48-60(57-36-35-51-21-10-11-26-55(51)43-57)46-68(77(71)80-78(69)72)52-22-6-2-7-23-52)58-39-42-74-70(45-58)63-29-16-17-34-73(63)79(74)62-40-37-54(38-41-62)76-66-32-14-12-30-64(66)75(53-24-8-3-9-25-53)65-31-13-15-33-67(65)76;1-3-14-36(15-4-1)42-23-13-24-48-50-35-40(29-33-53(50)58-56(42)48)39-28-32-52-49(34-39)43-18-11-12-25-51(43)57(52)41-30-26-38(27-31-41)55-46-21-9-7-19-44(46)54(37-16-5-2-6-17-37)45-20-8-10-22-47(45)55/h1-49H;1-35H. The predicted molar refractivity (Wildman–Crippen MR) is 583 cm³/mol. The lowest BCUT2D eigenvalue weighted by Gasteiger charge is -2.18. The highest BCUT2D eigenvalue weighted by Crippen LogP contribution is 2.51. The molecule has 4 heteroatoms. The van der Waals surface area contributed by atoms with Crippen molar-refractivity contribution in [2.45, 2.75) is 0 Å². The quantitative estimate of drug-likeness (QED) is 0.108. The van der Waals surface area contributed by atoms with Crippen LogP contribution >= 0.6 is 0 Å². The second kappa shape index (κ2) is 32.9. The molecule has 4 heterocycles. The molecule has 28 rings (SSSR count). The molecule has 0 unspecified atom stereocenters. The zero-order chi connectivity index (χ0) is 90.8. The molecule has 4 aromatic heterocycles. The van der Waals surface area contributed by atoms with E-state index in [0.717, 1.165) is 116 Å². The molecule has 0 amide bonds. The Morgan fingerprint density at radius 3 is 0.899 bits per heavy atom. The first-order chi connectivity index (χ1) is 68.4. The normalized spacial score (nSPS) is 11.8. The van der Waals surface area contributed by atoms with E-state index < -0.39 is 0 Å². The highest BCUT2D eigenvalue weighted by atomic mass is 16.3. The van der Waals surface area contributed by atoms with E-state index in [2.05, 4.69) is 519 Å². The Bertz CT molecular complexity index is 9610. The van der Waals surface area contributed by atoms with Crippen LogP contribution in [0.3, 0.4) is 0 Å². The van der Waals surface area contributed by atoms with Gasteiger partial charge in [-0.05, 0) is 269 Å². The summed E-state index contributed by atoms with van der Waals surface area (Å²) in [6, 6.07) is 186. The van der Waals surface area contributed by atoms with Crippen LogP contribution in [0.4, 0.5) is 0 Å². The van der Waals surface area contributed by atoms with E-state index in [1.165, 1.54) is 159 Å². The number of fused-ring (bicyclic) bond motifs is 17. The first-order valence-corrected chi connectivity index (χ1v) is 47.5. The van der Waals surface area contributed by atoms with Crippen molar-refractivity contribution in [2.24, 2.45) is 0 Å². The maximum Gasteiger partial charge on any atom is 0.143 e. The Morgan fingerprint density at radius 2 is 0.428 bits per heavy atom. The van der Waals surface area contributed by atoms with Gasteiger partial charge in [-0.1, -0.05) is 400 Å². The third kappa shape index (κ3) is 13.4. The molecule has 0 spiro atoms. The fraction of sp³-hybridized carbons (Fsp3) is 0. The summed E-state index contributed by atoms with van der Waals surface area (Å²) in [6.07, 6.45) is 0. The first-order valence-electron chi connectivity index (χ1n) is 47.5. The van der Waals surface area contributed by atoms with Gasteiger partial charge in [-0.2, -0.15) is 0 Å². The Morgan fingerprint density at radius 1 is 0.130 bits per heavy atom. The molecular weight excluding hydrogens is 1670 g/mol. The van der Waals surface area contributed by atoms with Crippen LogP contribution in [0.5, 0.6) is 0 Å². The van der Waals surface area contributed by atoms with Crippen LogP contribution < -0.4 is 0 Å². The number of rotatable bonds is 13. The SMILES string of the molecule is c1ccc(-c2c3ccccc3c(-c3ccc(-n4c5ccccc5c5cc(-c6ccc7oc8c(-c9ccccc9)cccc8c7c6)ccc54)cc3)c3ccccc23)cc1.c1ccc(-c2cccc(-c3cc(-c4ccc5c(c4)c4ccccc4n5-c4ccc(-c5c6ccccc6c(-c6ccccc6)c6ccccc56)cc4)cc4c3oc3c(-c5ccccc5)cc(-c5ccc6ccccc6c5)cc34)c2)cc1. The average Bonchev–Trinajstić information content (AvgIpc) is 1.58. The monoisotopic (exact) mass is 1750 g/mol. The van der Waals surface area contributed by atoms with E-state index in [-0.39, 0.29) is 0 Å². The molecule has 0 radical (unpaired) electrons. The van der Waals surface area contributed by atoms with E-state index in [4.69, 9.17) is 8.83 Å². The fourth-order valence-corrected chi connectivity index (χ4v) is 22.2. The van der Waals surface area contributed by atoms with E-state index in [1.807, 2.05) is 0 Å². The third-order valence-corrected chi connectivity index (χ3v) is 28.5. The summed E-state index contributed by atoms with van der Waals surface area (Å²) in [6.45, 7) is 0. The molecule has 28 aromatic rings. The molecule has 642 valence electrons. The lowest BCUT2D eigenvalue weighted by Crippen LogP contribution is -1.94. The summed E-state index contributed by atoms with van der Waals surface area (Å²) >= 11 is 0. The van der Waals surface area contributed by atoms with Gasteiger partial charge in [-0.15, -0.1) is 0 Å². The number of para-hydroxylation sites is 3. The maximum atomic E-state index is 7.30. The highest BCUT2D eigenvalue weighted by molar-refractivity contribution is 6.25. The van der Waals surface area contributed by atoms with E-state index >= 15 is 0 Å². The lowest BCUT2D eigenvalue weighted by atomic mass is 9.86. The zero-order valence-electron chi connectivity index (χ0n) is 75.2. The van der Waals surface area contributed by atoms with Crippen LogP contribution in [-0.2, 0) is 0 Å². The van der Waals surface area contributed by atoms with E-state index in [9.17, 15) is 0 Å². The van der Waals surface area contributed by atoms with Crippen molar-refractivity contribution in [3.8, 4) is 134 Å². The molecule has 4 nitrogen and oxygen atoms in total. The topological polar surface area (TPSA) is 36.1 Å². The summed E-state index contributed by atoms with van der Waals surface area (Å²) in [7, 11) is 0. The van der Waals surface area contributed by atoms with Crippen LogP contribution in [0.15, 0.2) is 518 Å². The van der Waals surface area contributed by atoms with Gasteiger partial charge in [-0.3, -0.25) is 0 Å². The number of benzene rings is 24. The zero-order valence-corrected chi connectivity index (χ0v) is 75.2. The number of furan rings is 2. The van der Waals surface area contributed by atoms with Crippen molar-refractivity contribution in [1.29, 1.82) is 0 Å². The fourth-order valence-electron chi connectivity index (χ4n) is 22.2. The van der Waals surface area contributed by atoms with Gasteiger partial charge in [0, 0.05) is 71.2 Å². The van der Waals surface area contributed by atoms with Gasteiger partial charge in [0.2, 0.25) is 0 Å². The number of hydrogen-bond acceptors (Lipinski definition) is 2. The Balaban J connectivity index is 0.000000146. The Hall–Kier alpha value is -18.2. The van der Waals surface area contributed by atoms with E-state index in [0.29, 0.717) is 0 Å². The molecule has 0 aliphatic carbocycles. The van der Waals surface area contributed by atoms with Crippen LogP contribution in [0, 0.1) is 0 Å². The van der Waals surface area contributed by atoms with Crippen LogP contribution in [0.2, 0.25) is 0 Å². The second-order valence-corrected chi connectivity index (χ2v) is 36.3. The molecule has 0 fully saturated rings. The Labute approximate surface area is 797 Å². The molecule has 0 aliphatic heterocycles. The number of aromatic nitrogens is 2. The number of nitrogens with zero attached hydrogens (tertiary/aromatic N) is 2. The van der Waals surface area contributed by atoms with Gasteiger partial charge in [0.1, 0.15) is 22.3 Å². The van der Waals surface area contributed by atoms with Crippen LogP contribution in [-0.4, -0.2) is 9.13 Å².